The first-order chi connectivity index (χ1) is 13.5. The van der Waals surface area contributed by atoms with Gasteiger partial charge in [-0.15, -0.1) is 0 Å². The molecule has 28 heavy (non-hydrogen) atoms. The number of aromatic carboxylic acids is 1. The summed E-state index contributed by atoms with van der Waals surface area (Å²) >= 11 is 1.99. The summed E-state index contributed by atoms with van der Waals surface area (Å²) in [6.45, 7) is 0.226. The fourth-order valence-corrected chi connectivity index (χ4v) is 4.14. The van der Waals surface area contributed by atoms with E-state index in [-0.39, 0.29) is 18.1 Å². The Morgan fingerprint density at radius 1 is 0.964 bits per heavy atom. The summed E-state index contributed by atoms with van der Waals surface area (Å²) in [6.07, 6.45) is -0.567. The van der Waals surface area contributed by atoms with Crippen molar-refractivity contribution in [3.05, 3.63) is 87.0 Å². The summed E-state index contributed by atoms with van der Waals surface area (Å²) in [5.74, 6) is -1.02. The monoisotopic (exact) mass is 485 g/mol. The third-order valence-electron chi connectivity index (χ3n) is 4.80. The Hall–Kier alpha value is -2.87. The summed E-state index contributed by atoms with van der Waals surface area (Å²) in [5.41, 5.74) is 5.33. The van der Waals surface area contributed by atoms with Gasteiger partial charge < -0.3 is 9.84 Å². The molecule has 1 aliphatic rings. The predicted octanol–water partition coefficient (Wildman–Crippen LogP) is 5.35. The summed E-state index contributed by atoms with van der Waals surface area (Å²) in [5, 5.41) is 11.7. The zero-order valence-electron chi connectivity index (χ0n) is 14.7. The van der Waals surface area contributed by atoms with Crippen LogP contribution in [0.4, 0.5) is 10.5 Å². The van der Waals surface area contributed by atoms with Crippen LogP contribution in [0.15, 0.2) is 66.7 Å². The number of carboxylic acids is 1. The Kier molecular flexibility index (Phi) is 5.04. The molecule has 0 aromatic heterocycles. The average molecular weight is 485 g/mol. The zero-order chi connectivity index (χ0) is 19.7. The van der Waals surface area contributed by atoms with Crippen molar-refractivity contribution in [1.29, 1.82) is 0 Å². The molecule has 0 spiro atoms. The van der Waals surface area contributed by atoms with Crippen molar-refractivity contribution in [2.75, 3.05) is 11.9 Å². The minimum atomic E-state index is -1.01. The molecular formula is C22H16INO4. The zero-order valence-corrected chi connectivity index (χ0v) is 16.8. The SMILES string of the molecule is O=C(Nc1ccc(C(=O)O)cc1I)OCC1c2ccccc2-c2ccccc21. The Bertz CT molecular complexity index is 1030. The Balaban J connectivity index is 1.48. The maximum atomic E-state index is 12.3. The van der Waals surface area contributed by atoms with Gasteiger partial charge in [0, 0.05) is 9.49 Å². The van der Waals surface area contributed by atoms with Crippen LogP contribution in [-0.4, -0.2) is 23.8 Å². The molecule has 3 aromatic rings. The van der Waals surface area contributed by atoms with Crippen LogP contribution in [-0.2, 0) is 4.74 Å². The van der Waals surface area contributed by atoms with Crippen molar-refractivity contribution in [2.24, 2.45) is 0 Å². The minimum absolute atomic E-state index is 0.00777. The first kappa shape index (κ1) is 18.5. The lowest BCUT2D eigenvalue weighted by Crippen LogP contribution is -2.18. The molecule has 140 valence electrons. The van der Waals surface area contributed by atoms with Crippen molar-refractivity contribution in [3.63, 3.8) is 0 Å². The number of rotatable bonds is 4. The van der Waals surface area contributed by atoms with Gasteiger partial charge in [-0.3, -0.25) is 5.32 Å². The van der Waals surface area contributed by atoms with Crippen LogP contribution in [0.3, 0.4) is 0 Å². The summed E-state index contributed by atoms with van der Waals surface area (Å²) in [6, 6.07) is 20.8. The highest BCUT2D eigenvalue weighted by Crippen LogP contribution is 2.44. The predicted molar refractivity (Wildman–Crippen MR) is 115 cm³/mol. The molecule has 0 radical (unpaired) electrons. The Morgan fingerprint density at radius 3 is 2.14 bits per heavy atom. The second kappa shape index (κ2) is 7.63. The Morgan fingerprint density at radius 2 is 1.57 bits per heavy atom. The largest absolute Gasteiger partial charge is 0.478 e. The highest BCUT2D eigenvalue weighted by atomic mass is 127. The highest BCUT2D eigenvalue weighted by Gasteiger charge is 2.29. The van der Waals surface area contributed by atoms with E-state index in [9.17, 15) is 9.59 Å². The van der Waals surface area contributed by atoms with Gasteiger partial charge in [0.2, 0.25) is 0 Å². The van der Waals surface area contributed by atoms with Crippen molar-refractivity contribution >= 4 is 40.3 Å². The van der Waals surface area contributed by atoms with Crippen LogP contribution < -0.4 is 5.32 Å². The van der Waals surface area contributed by atoms with E-state index in [0.29, 0.717) is 9.26 Å². The lowest BCUT2D eigenvalue weighted by molar-refractivity contribution is 0.0697. The molecule has 0 fully saturated rings. The van der Waals surface area contributed by atoms with Crippen molar-refractivity contribution in [1.82, 2.24) is 0 Å². The fraction of sp³-hybridized carbons (Fsp3) is 0.0909. The van der Waals surface area contributed by atoms with E-state index in [1.54, 1.807) is 6.07 Å². The van der Waals surface area contributed by atoms with Gasteiger partial charge >= 0.3 is 12.1 Å². The van der Waals surface area contributed by atoms with Crippen LogP contribution >= 0.6 is 22.6 Å². The number of fused-ring (bicyclic) bond motifs is 3. The molecule has 5 nitrogen and oxygen atoms in total. The van der Waals surface area contributed by atoms with E-state index in [2.05, 4.69) is 29.6 Å². The van der Waals surface area contributed by atoms with Crippen molar-refractivity contribution < 1.29 is 19.4 Å². The fourth-order valence-electron chi connectivity index (χ4n) is 3.49. The molecule has 2 N–H and O–H groups in total. The van der Waals surface area contributed by atoms with Gasteiger partial charge in [-0.2, -0.15) is 0 Å². The van der Waals surface area contributed by atoms with Gasteiger partial charge in [0.15, 0.2) is 0 Å². The maximum Gasteiger partial charge on any atom is 0.411 e. The first-order valence-corrected chi connectivity index (χ1v) is 9.77. The third kappa shape index (κ3) is 3.47. The second-order valence-corrected chi connectivity index (χ2v) is 7.61. The molecule has 0 unspecified atom stereocenters. The van der Waals surface area contributed by atoms with Crippen LogP contribution in [0.5, 0.6) is 0 Å². The molecule has 3 aromatic carbocycles. The summed E-state index contributed by atoms with van der Waals surface area (Å²) < 4.78 is 6.14. The van der Waals surface area contributed by atoms with E-state index in [0.717, 1.165) is 11.1 Å². The Labute approximate surface area is 175 Å². The van der Waals surface area contributed by atoms with Gasteiger partial charge in [0.05, 0.1) is 11.3 Å². The number of hydrogen-bond acceptors (Lipinski definition) is 3. The normalized spacial score (nSPS) is 12.2. The number of benzene rings is 3. The molecule has 1 amide bonds. The lowest BCUT2D eigenvalue weighted by Gasteiger charge is -2.15. The molecule has 0 bridgehead atoms. The van der Waals surface area contributed by atoms with E-state index < -0.39 is 12.1 Å². The highest BCUT2D eigenvalue weighted by molar-refractivity contribution is 14.1. The molecule has 0 aliphatic heterocycles. The van der Waals surface area contributed by atoms with Crippen LogP contribution in [0.25, 0.3) is 11.1 Å². The molecule has 0 saturated carbocycles. The smallest absolute Gasteiger partial charge is 0.411 e. The van der Waals surface area contributed by atoms with E-state index >= 15 is 0 Å². The third-order valence-corrected chi connectivity index (χ3v) is 5.69. The van der Waals surface area contributed by atoms with Crippen molar-refractivity contribution in [2.45, 2.75) is 5.92 Å². The van der Waals surface area contributed by atoms with Gasteiger partial charge in [0.25, 0.3) is 0 Å². The van der Waals surface area contributed by atoms with Crippen molar-refractivity contribution in [3.8, 4) is 11.1 Å². The number of amides is 1. The number of halogens is 1. The second-order valence-electron chi connectivity index (χ2n) is 6.45. The molecule has 0 heterocycles. The van der Waals surface area contributed by atoms with Gasteiger partial charge in [0.1, 0.15) is 6.61 Å². The molecule has 0 saturated heterocycles. The van der Waals surface area contributed by atoms with Crippen LogP contribution in [0.2, 0.25) is 0 Å². The number of carboxylic acid groups (broad SMARTS) is 1. The van der Waals surface area contributed by atoms with E-state index in [1.165, 1.54) is 23.3 Å². The standard InChI is InChI=1S/C22H16INO4/c23-19-11-13(21(25)26)9-10-20(19)24-22(27)28-12-18-16-7-3-1-5-14(16)15-6-2-4-8-17(15)18/h1-11,18H,12H2,(H,24,27)(H,25,26). The summed E-state index contributed by atoms with van der Waals surface area (Å²) in [7, 11) is 0. The number of carbonyl (C=O) groups excluding carboxylic acids is 1. The van der Waals surface area contributed by atoms with Gasteiger partial charge in [-0.05, 0) is 63.0 Å². The molecule has 6 heteroatoms. The molecule has 4 rings (SSSR count). The number of hydrogen-bond donors (Lipinski definition) is 2. The quantitative estimate of drug-likeness (QED) is 0.489. The van der Waals surface area contributed by atoms with Crippen LogP contribution in [0.1, 0.15) is 27.4 Å². The number of ether oxygens (including phenoxy) is 1. The topological polar surface area (TPSA) is 75.6 Å². The van der Waals surface area contributed by atoms with Gasteiger partial charge in [-0.25, -0.2) is 9.59 Å². The molecule has 0 atom stereocenters. The molecular weight excluding hydrogens is 469 g/mol. The average Bonchev–Trinajstić information content (AvgIpc) is 3.02. The van der Waals surface area contributed by atoms with E-state index in [4.69, 9.17) is 9.84 Å². The summed E-state index contributed by atoms with van der Waals surface area (Å²) in [4.78, 5) is 23.3. The number of nitrogens with one attached hydrogen (secondary N) is 1. The lowest BCUT2D eigenvalue weighted by atomic mass is 9.98. The van der Waals surface area contributed by atoms with Crippen LogP contribution in [0, 0.1) is 3.57 Å². The number of carbonyl (C=O) groups is 2. The van der Waals surface area contributed by atoms with Gasteiger partial charge in [-0.1, -0.05) is 48.5 Å². The maximum absolute atomic E-state index is 12.3. The number of anilines is 1. The molecule has 1 aliphatic carbocycles. The van der Waals surface area contributed by atoms with E-state index in [1.807, 2.05) is 46.9 Å². The minimum Gasteiger partial charge on any atom is -0.478 e. The first-order valence-electron chi connectivity index (χ1n) is 8.69.